The number of rotatable bonds is 9. The lowest BCUT2D eigenvalue weighted by Gasteiger charge is -2.30. The number of benzene rings is 2. The van der Waals surface area contributed by atoms with E-state index in [0.29, 0.717) is 12.3 Å². The van der Waals surface area contributed by atoms with Gasteiger partial charge in [0.1, 0.15) is 11.8 Å². The summed E-state index contributed by atoms with van der Waals surface area (Å²) in [5.74, 6) is 0.278. The lowest BCUT2D eigenvalue weighted by molar-refractivity contribution is -0.142. The highest BCUT2D eigenvalue weighted by atomic mass is 16.5. The Bertz CT molecular complexity index is 878. The third-order valence-corrected chi connectivity index (χ3v) is 5.61. The Hall–Kier alpha value is -2.82. The van der Waals surface area contributed by atoms with Crippen LogP contribution in [0.5, 0.6) is 5.75 Å². The maximum atomic E-state index is 13.1. The Balaban J connectivity index is 2.18. The van der Waals surface area contributed by atoms with Crippen LogP contribution in [-0.4, -0.2) is 35.4 Å². The molecule has 162 valence electrons. The highest BCUT2D eigenvalue weighted by Gasteiger charge is 2.27. The van der Waals surface area contributed by atoms with E-state index in [9.17, 15) is 9.59 Å². The van der Waals surface area contributed by atoms with E-state index in [1.54, 1.807) is 11.8 Å². The van der Waals surface area contributed by atoms with E-state index in [-0.39, 0.29) is 24.5 Å². The monoisotopic (exact) mass is 410 g/mol. The summed E-state index contributed by atoms with van der Waals surface area (Å²) in [6.07, 6.45) is 0.833. The summed E-state index contributed by atoms with van der Waals surface area (Å²) in [5, 5.41) is 2.98. The number of amides is 2. The first-order valence-corrected chi connectivity index (χ1v) is 10.6. The van der Waals surface area contributed by atoms with Gasteiger partial charge in [0.05, 0.1) is 0 Å². The smallest absolute Gasteiger partial charge is 0.261 e. The molecular weight excluding hydrogens is 376 g/mol. The highest BCUT2D eigenvalue weighted by molar-refractivity contribution is 5.88. The fourth-order valence-electron chi connectivity index (χ4n) is 3.05. The number of hydrogen-bond donors (Lipinski definition) is 1. The third-order valence-electron chi connectivity index (χ3n) is 5.61. The van der Waals surface area contributed by atoms with Gasteiger partial charge in [0.2, 0.25) is 5.91 Å². The minimum Gasteiger partial charge on any atom is -0.484 e. The Labute approximate surface area is 180 Å². The van der Waals surface area contributed by atoms with Gasteiger partial charge in [-0.2, -0.15) is 0 Å². The van der Waals surface area contributed by atoms with Crippen LogP contribution in [0.4, 0.5) is 0 Å². The van der Waals surface area contributed by atoms with Crippen LogP contribution in [0, 0.1) is 20.8 Å². The predicted octanol–water partition coefficient (Wildman–Crippen LogP) is 4.32. The van der Waals surface area contributed by atoms with Gasteiger partial charge in [0.25, 0.3) is 5.91 Å². The lowest BCUT2D eigenvalue weighted by Crippen LogP contribution is -2.50. The average molecular weight is 411 g/mol. The molecule has 30 heavy (non-hydrogen) atoms. The molecule has 0 saturated heterocycles. The van der Waals surface area contributed by atoms with E-state index < -0.39 is 6.04 Å². The van der Waals surface area contributed by atoms with Crippen LogP contribution in [0.25, 0.3) is 0 Å². The van der Waals surface area contributed by atoms with E-state index in [1.165, 1.54) is 5.56 Å². The summed E-state index contributed by atoms with van der Waals surface area (Å²) in [6.45, 7) is 12.0. The number of nitrogens with one attached hydrogen (secondary N) is 1. The lowest BCUT2D eigenvalue weighted by atomic mass is 10.1. The molecule has 0 spiro atoms. The van der Waals surface area contributed by atoms with Crippen LogP contribution in [0.3, 0.4) is 0 Å². The van der Waals surface area contributed by atoms with Gasteiger partial charge in [-0.25, -0.2) is 0 Å². The molecule has 2 aromatic rings. The van der Waals surface area contributed by atoms with Crippen molar-refractivity contribution in [3.05, 3.63) is 64.7 Å². The molecule has 0 aliphatic rings. The molecule has 0 fully saturated rings. The van der Waals surface area contributed by atoms with Crippen LogP contribution in [-0.2, 0) is 16.1 Å². The first-order valence-electron chi connectivity index (χ1n) is 10.6. The van der Waals surface area contributed by atoms with Crippen molar-refractivity contribution in [2.24, 2.45) is 0 Å². The molecule has 5 nitrogen and oxygen atoms in total. The number of ether oxygens (including phenoxy) is 1. The van der Waals surface area contributed by atoms with Gasteiger partial charge < -0.3 is 15.0 Å². The molecule has 2 aromatic carbocycles. The topological polar surface area (TPSA) is 58.6 Å². The van der Waals surface area contributed by atoms with Crippen molar-refractivity contribution >= 4 is 11.8 Å². The highest BCUT2D eigenvalue weighted by Crippen LogP contribution is 2.18. The minimum absolute atomic E-state index is 0.0575. The summed E-state index contributed by atoms with van der Waals surface area (Å²) in [7, 11) is 0. The molecule has 0 heterocycles. The van der Waals surface area contributed by atoms with Gasteiger partial charge in [-0.3, -0.25) is 9.59 Å². The molecule has 0 aliphatic heterocycles. The Morgan fingerprint density at radius 2 is 1.70 bits per heavy atom. The molecule has 1 N–H and O–H groups in total. The Morgan fingerprint density at radius 3 is 2.33 bits per heavy atom. The summed E-state index contributed by atoms with van der Waals surface area (Å²) in [6, 6.07) is 13.1. The first kappa shape index (κ1) is 23.5. The average Bonchev–Trinajstić information content (AvgIpc) is 2.73. The third kappa shape index (κ3) is 6.34. The first-order chi connectivity index (χ1) is 14.2. The van der Waals surface area contributed by atoms with E-state index in [1.807, 2.05) is 77.1 Å². The zero-order chi connectivity index (χ0) is 22.3. The van der Waals surface area contributed by atoms with Crippen molar-refractivity contribution < 1.29 is 14.3 Å². The maximum absolute atomic E-state index is 13.1. The van der Waals surface area contributed by atoms with Gasteiger partial charge in [-0.1, -0.05) is 37.3 Å². The molecule has 5 heteroatoms. The Morgan fingerprint density at radius 1 is 1.00 bits per heavy atom. The minimum atomic E-state index is -0.602. The molecule has 0 bridgehead atoms. The maximum Gasteiger partial charge on any atom is 0.261 e. The summed E-state index contributed by atoms with van der Waals surface area (Å²) < 4.78 is 5.76. The number of hydrogen-bond acceptors (Lipinski definition) is 3. The van der Waals surface area contributed by atoms with Crippen LogP contribution >= 0.6 is 0 Å². The number of carbonyl (C=O) groups excluding carboxylic acids is 2. The Kier molecular flexibility index (Phi) is 8.46. The van der Waals surface area contributed by atoms with Gasteiger partial charge >= 0.3 is 0 Å². The molecule has 2 amide bonds. The standard InChI is InChI=1S/C25H34N2O3/c1-7-20(5)26-25(29)21(6)27(15-22-11-9-8-10-18(22)3)24(28)16-30-23-13-12-17(2)19(4)14-23/h8-14,20-21H,7,15-16H2,1-6H3,(H,26,29)/t20-,21-/m0/s1. The molecule has 2 rings (SSSR count). The summed E-state index contributed by atoms with van der Waals surface area (Å²) in [4.78, 5) is 27.4. The van der Waals surface area contributed by atoms with E-state index in [4.69, 9.17) is 4.74 Å². The SMILES string of the molecule is CC[C@H](C)NC(=O)[C@H](C)N(Cc1ccccc1C)C(=O)COc1ccc(C)c(C)c1. The zero-order valence-corrected chi connectivity index (χ0v) is 19.0. The van der Waals surface area contributed by atoms with Crippen molar-refractivity contribution in [3.8, 4) is 5.75 Å². The van der Waals surface area contributed by atoms with E-state index in [2.05, 4.69) is 5.32 Å². The van der Waals surface area contributed by atoms with Crippen LogP contribution in [0.2, 0.25) is 0 Å². The van der Waals surface area contributed by atoms with Crippen LogP contribution in [0.1, 0.15) is 49.4 Å². The van der Waals surface area contributed by atoms with Crippen molar-refractivity contribution in [1.29, 1.82) is 0 Å². The fraction of sp³-hybridized carbons (Fsp3) is 0.440. The molecule has 0 radical (unpaired) electrons. The van der Waals surface area contributed by atoms with E-state index in [0.717, 1.165) is 23.1 Å². The molecule has 2 atom stereocenters. The van der Waals surface area contributed by atoms with Crippen molar-refractivity contribution in [3.63, 3.8) is 0 Å². The van der Waals surface area contributed by atoms with Crippen LogP contribution < -0.4 is 10.1 Å². The van der Waals surface area contributed by atoms with Gasteiger partial charge in [-0.05, 0) is 75.4 Å². The van der Waals surface area contributed by atoms with E-state index >= 15 is 0 Å². The second-order valence-electron chi connectivity index (χ2n) is 7.98. The van der Waals surface area contributed by atoms with Crippen LogP contribution in [0.15, 0.2) is 42.5 Å². The van der Waals surface area contributed by atoms with Gasteiger partial charge in [0.15, 0.2) is 6.61 Å². The summed E-state index contributed by atoms with van der Waals surface area (Å²) in [5.41, 5.74) is 4.38. The normalized spacial score (nSPS) is 12.7. The zero-order valence-electron chi connectivity index (χ0n) is 19.0. The van der Waals surface area contributed by atoms with Gasteiger partial charge in [0, 0.05) is 12.6 Å². The molecule has 0 saturated carbocycles. The number of carbonyl (C=O) groups is 2. The quantitative estimate of drug-likeness (QED) is 0.670. The largest absolute Gasteiger partial charge is 0.484 e. The second-order valence-corrected chi connectivity index (χ2v) is 7.98. The predicted molar refractivity (Wildman–Crippen MR) is 120 cm³/mol. The van der Waals surface area contributed by atoms with Gasteiger partial charge in [-0.15, -0.1) is 0 Å². The fourth-order valence-corrected chi connectivity index (χ4v) is 3.05. The summed E-state index contributed by atoms with van der Waals surface area (Å²) >= 11 is 0. The van der Waals surface area contributed by atoms with Crippen molar-refractivity contribution in [2.45, 2.75) is 66.6 Å². The molecule has 0 unspecified atom stereocenters. The number of aryl methyl sites for hydroxylation is 3. The molecular formula is C25H34N2O3. The van der Waals surface area contributed by atoms with Crippen molar-refractivity contribution in [1.82, 2.24) is 10.2 Å². The van der Waals surface area contributed by atoms with Crippen molar-refractivity contribution in [2.75, 3.05) is 6.61 Å². The number of nitrogens with zero attached hydrogens (tertiary/aromatic N) is 1. The second kappa shape index (κ2) is 10.8. The molecule has 0 aromatic heterocycles. The molecule has 0 aliphatic carbocycles.